The summed E-state index contributed by atoms with van der Waals surface area (Å²) < 4.78 is 5.66. The van der Waals surface area contributed by atoms with Crippen molar-refractivity contribution in [3.63, 3.8) is 0 Å². The number of anilines is 1. The summed E-state index contributed by atoms with van der Waals surface area (Å²) in [5.41, 5.74) is 1.68. The van der Waals surface area contributed by atoms with Crippen molar-refractivity contribution in [2.75, 3.05) is 18.0 Å². The van der Waals surface area contributed by atoms with Crippen molar-refractivity contribution in [3.05, 3.63) is 24.3 Å². The van der Waals surface area contributed by atoms with Crippen LogP contribution in [0.4, 0.5) is 6.01 Å². The van der Waals surface area contributed by atoms with Crippen molar-refractivity contribution in [2.45, 2.75) is 18.9 Å². The second kappa shape index (κ2) is 3.79. The molecule has 1 fully saturated rings. The first kappa shape index (κ1) is 9.66. The summed E-state index contributed by atoms with van der Waals surface area (Å²) >= 11 is 0. The molecule has 16 heavy (non-hydrogen) atoms. The molecular formula is C12H14N2O2. The zero-order valence-corrected chi connectivity index (χ0v) is 8.97. The van der Waals surface area contributed by atoms with Gasteiger partial charge in [-0.05, 0) is 25.0 Å². The van der Waals surface area contributed by atoms with Gasteiger partial charge in [0.1, 0.15) is 5.52 Å². The van der Waals surface area contributed by atoms with Crippen LogP contribution >= 0.6 is 0 Å². The Morgan fingerprint density at radius 2 is 2.25 bits per heavy atom. The van der Waals surface area contributed by atoms with E-state index in [2.05, 4.69) is 4.98 Å². The number of fused-ring (bicyclic) bond motifs is 1. The van der Waals surface area contributed by atoms with E-state index in [9.17, 15) is 5.11 Å². The highest BCUT2D eigenvalue weighted by Gasteiger charge is 2.21. The van der Waals surface area contributed by atoms with Gasteiger partial charge in [0.25, 0.3) is 6.01 Å². The Morgan fingerprint density at radius 1 is 1.38 bits per heavy atom. The average molecular weight is 218 g/mol. The Kier molecular flexibility index (Phi) is 2.29. The van der Waals surface area contributed by atoms with Gasteiger partial charge in [-0.25, -0.2) is 0 Å². The molecule has 1 aliphatic heterocycles. The van der Waals surface area contributed by atoms with Gasteiger partial charge in [-0.2, -0.15) is 4.98 Å². The lowest BCUT2D eigenvalue weighted by atomic mass is 10.1. The maximum absolute atomic E-state index is 9.60. The van der Waals surface area contributed by atoms with Crippen LogP contribution in [0, 0.1) is 0 Å². The summed E-state index contributed by atoms with van der Waals surface area (Å²) in [7, 11) is 0. The number of β-amino-alcohol motifs (C(OH)–C–C–N with tert-alkyl or cyclic N) is 1. The molecule has 4 nitrogen and oxygen atoms in total. The maximum Gasteiger partial charge on any atom is 0.298 e. The van der Waals surface area contributed by atoms with Gasteiger partial charge in [-0.15, -0.1) is 0 Å². The maximum atomic E-state index is 9.60. The zero-order valence-electron chi connectivity index (χ0n) is 8.97. The molecule has 0 bridgehead atoms. The molecule has 1 aliphatic rings. The lowest BCUT2D eigenvalue weighted by molar-refractivity contribution is 0.152. The van der Waals surface area contributed by atoms with E-state index in [1.807, 2.05) is 29.2 Å². The van der Waals surface area contributed by atoms with E-state index in [4.69, 9.17) is 4.42 Å². The molecule has 1 unspecified atom stereocenters. The fourth-order valence-corrected chi connectivity index (χ4v) is 2.12. The van der Waals surface area contributed by atoms with Gasteiger partial charge < -0.3 is 14.4 Å². The number of oxazole rings is 1. The zero-order chi connectivity index (χ0) is 11.0. The molecule has 0 saturated carbocycles. The minimum Gasteiger partial charge on any atom is -0.423 e. The number of rotatable bonds is 1. The number of piperidine rings is 1. The summed E-state index contributed by atoms with van der Waals surface area (Å²) in [5.74, 6) is 0. The van der Waals surface area contributed by atoms with E-state index in [1.165, 1.54) is 0 Å². The van der Waals surface area contributed by atoms with Crippen LogP contribution in [-0.4, -0.2) is 29.3 Å². The quantitative estimate of drug-likeness (QED) is 0.792. The molecule has 1 aromatic carbocycles. The van der Waals surface area contributed by atoms with Crippen LogP contribution in [0.5, 0.6) is 0 Å². The van der Waals surface area contributed by atoms with Crippen LogP contribution in [0.25, 0.3) is 11.1 Å². The monoisotopic (exact) mass is 218 g/mol. The smallest absolute Gasteiger partial charge is 0.298 e. The fraction of sp³-hybridized carbons (Fsp3) is 0.417. The molecule has 0 aliphatic carbocycles. The molecule has 1 N–H and O–H groups in total. The molecule has 84 valence electrons. The third-order valence-corrected chi connectivity index (χ3v) is 2.95. The fourth-order valence-electron chi connectivity index (χ4n) is 2.12. The van der Waals surface area contributed by atoms with Gasteiger partial charge in [0.15, 0.2) is 5.58 Å². The number of hydrogen-bond acceptors (Lipinski definition) is 4. The lowest BCUT2D eigenvalue weighted by Gasteiger charge is -2.28. The van der Waals surface area contributed by atoms with E-state index in [-0.39, 0.29) is 6.10 Å². The van der Waals surface area contributed by atoms with Crippen LogP contribution < -0.4 is 4.90 Å². The van der Waals surface area contributed by atoms with Crippen molar-refractivity contribution >= 4 is 17.1 Å². The average Bonchev–Trinajstić information content (AvgIpc) is 2.72. The number of aromatic nitrogens is 1. The predicted octanol–water partition coefficient (Wildman–Crippen LogP) is 1.79. The molecule has 4 heteroatoms. The van der Waals surface area contributed by atoms with Crippen LogP contribution in [-0.2, 0) is 0 Å². The van der Waals surface area contributed by atoms with Gasteiger partial charge >= 0.3 is 0 Å². The Balaban J connectivity index is 1.93. The number of benzene rings is 1. The number of aliphatic hydroxyl groups is 1. The highest BCUT2D eigenvalue weighted by molar-refractivity contribution is 5.74. The van der Waals surface area contributed by atoms with Crippen molar-refractivity contribution < 1.29 is 9.52 Å². The molecule has 2 heterocycles. The summed E-state index contributed by atoms with van der Waals surface area (Å²) in [5, 5.41) is 9.60. The highest BCUT2D eigenvalue weighted by atomic mass is 16.4. The first-order valence-corrected chi connectivity index (χ1v) is 5.61. The number of para-hydroxylation sites is 2. The van der Waals surface area contributed by atoms with Gasteiger partial charge in [0, 0.05) is 13.1 Å². The molecule has 1 aromatic heterocycles. The standard InChI is InChI=1S/C12H14N2O2/c15-9-4-3-7-14(8-9)12-13-10-5-1-2-6-11(10)16-12/h1-2,5-6,9,15H,3-4,7-8H2. The van der Waals surface area contributed by atoms with Crippen LogP contribution in [0.3, 0.4) is 0 Å². The minimum absolute atomic E-state index is 0.260. The van der Waals surface area contributed by atoms with Crippen LogP contribution in [0.2, 0.25) is 0 Å². The van der Waals surface area contributed by atoms with Crippen molar-refractivity contribution in [2.24, 2.45) is 0 Å². The number of aliphatic hydroxyl groups excluding tert-OH is 1. The largest absolute Gasteiger partial charge is 0.423 e. The van der Waals surface area contributed by atoms with Crippen molar-refractivity contribution in [1.82, 2.24) is 4.98 Å². The Morgan fingerprint density at radius 3 is 3.06 bits per heavy atom. The van der Waals surface area contributed by atoms with Gasteiger partial charge in [0.05, 0.1) is 6.10 Å². The molecule has 1 saturated heterocycles. The van der Waals surface area contributed by atoms with Gasteiger partial charge in [0.2, 0.25) is 0 Å². The van der Waals surface area contributed by atoms with Crippen molar-refractivity contribution in [3.8, 4) is 0 Å². The normalized spacial score (nSPS) is 21.6. The van der Waals surface area contributed by atoms with Crippen molar-refractivity contribution in [1.29, 1.82) is 0 Å². The predicted molar refractivity (Wildman–Crippen MR) is 61.5 cm³/mol. The Labute approximate surface area is 93.5 Å². The molecular weight excluding hydrogens is 204 g/mol. The highest BCUT2D eigenvalue weighted by Crippen LogP contribution is 2.24. The molecule has 2 aromatic rings. The van der Waals surface area contributed by atoms with Crippen LogP contribution in [0.15, 0.2) is 28.7 Å². The second-order valence-corrected chi connectivity index (χ2v) is 4.21. The minimum atomic E-state index is -0.260. The lowest BCUT2D eigenvalue weighted by Crippen LogP contribution is -2.38. The van der Waals surface area contributed by atoms with Gasteiger partial charge in [-0.3, -0.25) is 0 Å². The SMILES string of the molecule is OC1CCCN(c2nc3ccccc3o2)C1. The number of hydrogen-bond donors (Lipinski definition) is 1. The van der Waals surface area contributed by atoms with E-state index in [1.54, 1.807) is 0 Å². The summed E-state index contributed by atoms with van der Waals surface area (Å²) in [6.07, 6.45) is 1.60. The topological polar surface area (TPSA) is 49.5 Å². The summed E-state index contributed by atoms with van der Waals surface area (Å²) in [6.45, 7) is 1.52. The number of nitrogens with zero attached hydrogens (tertiary/aromatic N) is 2. The third kappa shape index (κ3) is 1.65. The molecule has 0 amide bonds. The summed E-state index contributed by atoms with van der Waals surface area (Å²) in [4.78, 5) is 6.43. The van der Waals surface area contributed by atoms with E-state index >= 15 is 0 Å². The van der Waals surface area contributed by atoms with Gasteiger partial charge in [-0.1, -0.05) is 12.1 Å². The van der Waals surface area contributed by atoms with E-state index in [0.29, 0.717) is 12.6 Å². The molecule has 0 spiro atoms. The Hall–Kier alpha value is -1.55. The first-order valence-electron chi connectivity index (χ1n) is 5.61. The van der Waals surface area contributed by atoms with E-state index < -0.39 is 0 Å². The van der Waals surface area contributed by atoms with Crippen LogP contribution in [0.1, 0.15) is 12.8 Å². The molecule has 1 atom stereocenters. The summed E-state index contributed by atoms with van der Waals surface area (Å²) in [6, 6.07) is 8.34. The third-order valence-electron chi connectivity index (χ3n) is 2.95. The first-order chi connectivity index (χ1) is 7.83. The molecule has 0 radical (unpaired) electrons. The Bertz CT molecular complexity index is 461. The van der Waals surface area contributed by atoms with E-state index in [0.717, 1.165) is 30.5 Å². The molecule has 3 rings (SSSR count). The second-order valence-electron chi connectivity index (χ2n) is 4.21.